The van der Waals surface area contributed by atoms with Crippen molar-refractivity contribution in [2.24, 2.45) is 5.92 Å². The van der Waals surface area contributed by atoms with Crippen molar-refractivity contribution in [2.75, 3.05) is 19.6 Å². The first-order valence-electron chi connectivity index (χ1n) is 7.42. The summed E-state index contributed by atoms with van der Waals surface area (Å²) in [5.74, 6) is 0.959. The molecule has 1 aromatic carbocycles. The van der Waals surface area contributed by atoms with Crippen molar-refractivity contribution in [1.29, 1.82) is 0 Å². The molecule has 1 N–H and O–H groups in total. The summed E-state index contributed by atoms with van der Waals surface area (Å²) in [6.45, 7) is 3.00. The highest BCUT2D eigenvalue weighted by molar-refractivity contribution is 5.94. The van der Waals surface area contributed by atoms with Crippen molar-refractivity contribution in [3.05, 3.63) is 35.9 Å². The Kier molecular flexibility index (Phi) is 3.83. The summed E-state index contributed by atoms with van der Waals surface area (Å²) < 4.78 is 0. The highest BCUT2D eigenvalue weighted by Crippen LogP contribution is 2.26. The molecule has 2 fully saturated rings. The minimum absolute atomic E-state index is 0.193. The minimum Gasteiger partial charge on any atom is -0.339 e. The summed E-state index contributed by atoms with van der Waals surface area (Å²) in [6, 6.07) is 10.3. The molecule has 19 heavy (non-hydrogen) atoms. The van der Waals surface area contributed by atoms with Gasteiger partial charge in [0, 0.05) is 24.7 Å². The number of rotatable bonds is 2. The zero-order valence-electron chi connectivity index (χ0n) is 11.3. The Bertz CT molecular complexity index is 418. The molecule has 2 aliphatic rings. The molecule has 3 heteroatoms. The molecule has 1 aromatic rings. The lowest BCUT2D eigenvalue weighted by molar-refractivity contribution is 0.0674. The van der Waals surface area contributed by atoms with Crippen molar-refractivity contribution in [1.82, 2.24) is 10.2 Å². The van der Waals surface area contributed by atoms with Crippen molar-refractivity contribution in [3.8, 4) is 0 Å². The third kappa shape index (κ3) is 2.81. The van der Waals surface area contributed by atoms with Crippen LogP contribution in [0.25, 0.3) is 0 Å². The number of piperidine rings is 1. The van der Waals surface area contributed by atoms with Crippen LogP contribution in [0, 0.1) is 5.92 Å². The summed E-state index contributed by atoms with van der Waals surface area (Å²) in [7, 11) is 0. The summed E-state index contributed by atoms with van der Waals surface area (Å²) in [5.41, 5.74) is 0.819. The second-order valence-electron chi connectivity index (χ2n) is 5.70. The average Bonchev–Trinajstić information content (AvgIpc) is 3.02. The lowest BCUT2D eigenvalue weighted by atomic mass is 9.88. The highest BCUT2D eigenvalue weighted by atomic mass is 16.2. The van der Waals surface area contributed by atoms with Crippen LogP contribution in [0.1, 0.15) is 36.0 Å². The SMILES string of the molecule is O=C(c1ccccc1)N1CCC(C2CCCN2)CC1. The van der Waals surface area contributed by atoms with Crippen LogP contribution in [-0.4, -0.2) is 36.5 Å². The molecule has 2 aliphatic heterocycles. The number of nitrogens with zero attached hydrogens (tertiary/aromatic N) is 1. The molecule has 0 saturated carbocycles. The molecule has 2 saturated heterocycles. The van der Waals surface area contributed by atoms with Crippen LogP contribution < -0.4 is 5.32 Å². The fraction of sp³-hybridized carbons (Fsp3) is 0.562. The molecule has 3 rings (SSSR count). The lowest BCUT2D eigenvalue weighted by Crippen LogP contribution is -2.43. The second kappa shape index (κ2) is 5.74. The summed E-state index contributed by atoms with van der Waals surface area (Å²) >= 11 is 0. The van der Waals surface area contributed by atoms with Crippen LogP contribution in [0.5, 0.6) is 0 Å². The Balaban J connectivity index is 1.56. The van der Waals surface area contributed by atoms with Gasteiger partial charge < -0.3 is 10.2 Å². The van der Waals surface area contributed by atoms with Crippen LogP contribution >= 0.6 is 0 Å². The van der Waals surface area contributed by atoms with Crippen LogP contribution in [0.3, 0.4) is 0 Å². The Labute approximate surface area is 115 Å². The Hall–Kier alpha value is -1.35. The highest BCUT2D eigenvalue weighted by Gasteiger charge is 2.29. The van der Waals surface area contributed by atoms with E-state index in [9.17, 15) is 4.79 Å². The van der Waals surface area contributed by atoms with Gasteiger partial charge in [0.05, 0.1) is 0 Å². The van der Waals surface area contributed by atoms with Crippen LogP contribution in [0.2, 0.25) is 0 Å². The Morgan fingerprint density at radius 1 is 1.11 bits per heavy atom. The molecule has 1 atom stereocenters. The zero-order valence-corrected chi connectivity index (χ0v) is 11.3. The number of carbonyl (C=O) groups is 1. The molecule has 0 bridgehead atoms. The van der Waals surface area contributed by atoms with Gasteiger partial charge >= 0.3 is 0 Å². The minimum atomic E-state index is 0.193. The summed E-state index contributed by atoms with van der Waals surface area (Å²) in [6.07, 6.45) is 4.93. The van der Waals surface area contributed by atoms with Gasteiger partial charge in [-0.3, -0.25) is 4.79 Å². The van der Waals surface area contributed by atoms with Gasteiger partial charge in [-0.05, 0) is 50.3 Å². The maximum Gasteiger partial charge on any atom is 0.253 e. The van der Waals surface area contributed by atoms with Gasteiger partial charge in [0.15, 0.2) is 0 Å². The molecule has 1 amide bonds. The van der Waals surface area contributed by atoms with Crippen molar-refractivity contribution in [2.45, 2.75) is 31.7 Å². The number of hydrogen-bond acceptors (Lipinski definition) is 2. The van der Waals surface area contributed by atoms with Crippen molar-refractivity contribution >= 4 is 5.91 Å². The van der Waals surface area contributed by atoms with E-state index in [0.717, 1.165) is 37.4 Å². The second-order valence-corrected chi connectivity index (χ2v) is 5.70. The number of carbonyl (C=O) groups excluding carboxylic acids is 1. The third-order valence-corrected chi connectivity index (χ3v) is 4.52. The monoisotopic (exact) mass is 258 g/mol. The molecular formula is C16H22N2O. The molecule has 2 heterocycles. The lowest BCUT2D eigenvalue weighted by Gasteiger charge is -2.35. The third-order valence-electron chi connectivity index (χ3n) is 4.52. The van der Waals surface area contributed by atoms with Crippen LogP contribution in [0.4, 0.5) is 0 Å². The first-order chi connectivity index (χ1) is 9.34. The molecule has 0 aliphatic carbocycles. The van der Waals surface area contributed by atoms with Crippen molar-refractivity contribution in [3.63, 3.8) is 0 Å². The molecule has 1 unspecified atom stereocenters. The van der Waals surface area contributed by atoms with Gasteiger partial charge in [0.2, 0.25) is 0 Å². The molecule has 0 aromatic heterocycles. The van der Waals surface area contributed by atoms with E-state index >= 15 is 0 Å². The van der Waals surface area contributed by atoms with E-state index in [1.54, 1.807) is 0 Å². The van der Waals surface area contributed by atoms with E-state index in [1.165, 1.54) is 19.4 Å². The fourth-order valence-corrected chi connectivity index (χ4v) is 3.38. The molecule has 3 nitrogen and oxygen atoms in total. The first-order valence-corrected chi connectivity index (χ1v) is 7.42. The van der Waals surface area contributed by atoms with Gasteiger partial charge in [-0.25, -0.2) is 0 Å². The van der Waals surface area contributed by atoms with Gasteiger partial charge in [-0.15, -0.1) is 0 Å². The standard InChI is InChI=1S/C16H22N2O/c19-16(14-5-2-1-3-6-14)18-11-8-13(9-12-18)15-7-4-10-17-15/h1-3,5-6,13,15,17H,4,7-12H2. The predicted molar refractivity (Wildman–Crippen MR) is 76.1 cm³/mol. The van der Waals surface area contributed by atoms with Crippen LogP contribution in [-0.2, 0) is 0 Å². The quantitative estimate of drug-likeness (QED) is 0.882. The predicted octanol–water partition coefficient (Wildman–Crippen LogP) is 2.29. The number of likely N-dealkylation sites (tertiary alicyclic amines) is 1. The molecule has 0 spiro atoms. The van der Waals surface area contributed by atoms with Gasteiger partial charge in [-0.2, -0.15) is 0 Å². The molecule has 0 radical (unpaired) electrons. The first kappa shape index (κ1) is 12.7. The van der Waals surface area contributed by atoms with E-state index in [0.29, 0.717) is 6.04 Å². The summed E-state index contributed by atoms with van der Waals surface area (Å²) in [5, 5.41) is 3.60. The van der Waals surface area contributed by atoms with Gasteiger partial charge in [-0.1, -0.05) is 18.2 Å². The number of benzene rings is 1. The van der Waals surface area contributed by atoms with E-state index in [-0.39, 0.29) is 5.91 Å². The number of amides is 1. The Morgan fingerprint density at radius 2 is 1.84 bits per heavy atom. The van der Waals surface area contributed by atoms with E-state index in [1.807, 2.05) is 35.2 Å². The molecule has 102 valence electrons. The number of nitrogens with one attached hydrogen (secondary N) is 1. The molecular weight excluding hydrogens is 236 g/mol. The number of hydrogen-bond donors (Lipinski definition) is 1. The van der Waals surface area contributed by atoms with Crippen molar-refractivity contribution < 1.29 is 4.79 Å². The maximum atomic E-state index is 12.3. The van der Waals surface area contributed by atoms with Gasteiger partial charge in [0.25, 0.3) is 5.91 Å². The summed E-state index contributed by atoms with van der Waals surface area (Å²) in [4.78, 5) is 14.4. The smallest absolute Gasteiger partial charge is 0.253 e. The van der Waals surface area contributed by atoms with E-state index in [2.05, 4.69) is 5.32 Å². The average molecular weight is 258 g/mol. The van der Waals surface area contributed by atoms with Crippen LogP contribution in [0.15, 0.2) is 30.3 Å². The van der Waals surface area contributed by atoms with E-state index in [4.69, 9.17) is 0 Å². The van der Waals surface area contributed by atoms with E-state index < -0.39 is 0 Å². The Morgan fingerprint density at radius 3 is 2.47 bits per heavy atom. The maximum absolute atomic E-state index is 12.3. The topological polar surface area (TPSA) is 32.3 Å². The van der Waals surface area contributed by atoms with Gasteiger partial charge in [0.1, 0.15) is 0 Å². The fourth-order valence-electron chi connectivity index (χ4n) is 3.38. The normalized spacial score (nSPS) is 24.6. The largest absolute Gasteiger partial charge is 0.339 e. The zero-order chi connectivity index (χ0) is 13.1.